The summed E-state index contributed by atoms with van der Waals surface area (Å²) in [4.78, 5) is 12.1. The summed E-state index contributed by atoms with van der Waals surface area (Å²) in [7, 11) is 1.54. The number of carbonyl (C=O) groups is 1. The first-order chi connectivity index (χ1) is 9.65. The number of halogens is 1. The maximum atomic E-state index is 12.1. The van der Waals surface area contributed by atoms with Gasteiger partial charge in [-0.2, -0.15) is 5.10 Å². The number of rotatable bonds is 5. The summed E-state index contributed by atoms with van der Waals surface area (Å²) in [5.74, 6) is 0.400. The van der Waals surface area contributed by atoms with Crippen LogP contribution >= 0.6 is 11.6 Å². The first kappa shape index (κ1) is 14.3. The number of aryl methyl sites for hydroxylation is 1. The van der Waals surface area contributed by atoms with Gasteiger partial charge in [-0.1, -0.05) is 23.7 Å². The van der Waals surface area contributed by atoms with Crippen molar-refractivity contribution >= 4 is 23.5 Å². The minimum Gasteiger partial charge on any atom is -0.496 e. The normalized spacial score (nSPS) is 10.9. The molecule has 104 valence electrons. The summed E-state index contributed by atoms with van der Waals surface area (Å²) in [5.41, 5.74) is 1.09. The number of allylic oxidation sites excluding steroid dienone is 1. The zero-order valence-corrected chi connectivity index (χ0v) is 12.1. The standard InChI is InChI=1S/C15H15ClN2O2/c1-3-18-10-12(16)13(17-18)8-9-14(19)11-6-4-5-7-15(11)20-2/h4-10H,3H2,1-2H3/b9-8+. The van der Waals surface area contributed by atoms with Gasteiger partial charge in [0, 0.05) is 12.7 Å². The number of carbonyl (C=O) groups excluding carboxylic acids is 1. The van der Waals surface area contributed by atoms with Crippen molar-refractivity contribution in [1.82, 2.24) is 9.78 Å². The van der Waals surface area contributed by atoms with E-state index in [2.05, 4.69) is 5.10 Å². The lowest BCUT2D eigenvalue weighted by Gasteiger charge is -2.04. The number of ether oxygens (including phenoxy) is 1. The Morgan fingerprint density at radius 3 is 2.85 bits per heavy atom. The maximum absolute atomic E-state index is 12.1. The average Bonchev–Trinajstić information content (AvgIpc) is 2.85. The molecule has 0 amide bonds. The Bertz CT molecular complexity index is 647. The van der Waals surface area contributed by atoms with Crippen molar-refractivity contribution in [2.24, 2.45) is 0 Å². The van der Waals surface area contributed by atoms with Crippen molar-refractivity contribution in [3.8, 4) is 5.75 Å². The van der Waals surface area contributed by atoms with Crippen molar-refractivity contribution in [2.45, 2.75) is 13.5 Å². The number of methoxy groups -OCH3 is 1. The smallest absolute Gasteiger partial charge is 0.189 e. The predicted molar refractivity (Wildman–Crippen MR) is 79.3 cm³/mol. The Morgan fingerprint density at radius 2 is 2.20 bits per heavy atom. The predicted octanol–water partition coefficient (Wildman–Crippen LogP) is 3.46. The Balaban J connectivity index is 2.22. The Labute approximate surface area is 122 Å². The summed E-state index contributed by atoms with van der Waals surface area (Å²) < 4.78 is 6.88. The molecule has 4 nitrogen and oxygen atoms in total. The molecule has 0 spiro atoms. The molecular weight excluding hydrogens is 276 g/mol. The molecule has 1 heterocycles. The van der Waals surface area contributed by atoms with E-state index in [0.717, 1.165) is 6.54 Å². The number of para-hydroxylation sites is 1. The third-order valence-electron chi connectivity index (χ3n) is 2.83. The molecular formula is C15H15ClN2O2. The van der Waals surface area contributed by atoms with E-state index >= 15 is 0 Å². The van der Waals surface area contributed by atoms with Crippen LogP contribution in [0.3, 0.4) is 0 Å². The van der Waals surface area contributed by atoms with Gasteiger partial charge in [0.2, 0.25) is 0 Å². The van der Waals surface area contributed by atoms with Crippen LogP contribution in [0.5, 0.6) is 5.75 Å². The fourth-order valence-corrected chi connectivity index (χ4v) is 1.99. The largest absolute Gasteiger partial charge is 0.496 e. The molecule has 0 saturated heterocycles. The fraction of sp³-hybridized carbons (Fsp3) is 0.200. The van der Waals surface area contributed by atoms with E-state index in [-0.39, 0.29) is 5.78 Å². The van der Waals surface area contributed by atoms with Gasteiger partial charge in [0.15, 0.2) is 5.78 Å². The first-order valence-electron chi connectivity index (χ1n) is 6.24. The third kappa shape index (κ3) is 3.08. The summed E-state index contributed by atoms with van der Waals surface area (Å²) >= 11 is 6.04. The van der Waals surface area contributed by atoms with Crippen LogP contribution in [0.25, 0.3) is 6.08 Å². The van der Waals surface area contributed by atoms with Gasteiger partial charge in [0.05, 0.1) is 17.7 Å². The molecule has 0 aliphatic heterocycles. The molecule has 1 aromatic carbocycles. The molecule has 0 aliphatic carbocycles. The van der Waals surface area contributed by atoms with Gasteiger partial charge in [-0.05, 0) is 31.2 Å². The SMILES string of the molecule is CCn1cc(Cl)c(/C=C/C(=O)c2ccccc2OC)n1. The van der Waals surface area contributed by atoms with Gasteiger partial charge in [0.25, 0.3) is 0 Å². The molecule has 2 rings (SSSR count). The van der Waals surface area contributed by atoms with Crippen molar-refractivity contribution in [2.75, 3.05) is 7.11 Å². The molecule has 2 aromatic rings. The molecule has 0 unspecified atom stereocenters. The van der Waals surface area contributed by atoms with Crippen LogP contribution in [0.2, 0.25) is 5.02 Å². The first-order valence-corrected chi connectivity index (χ1v) is 6.62. The van der Waals surface area contributed by atoms with Gasteiger partial charge in [-0.25, -0.2) is 0 Å². The second-order valence-electron chi connectivity index (χ2n) is 4.12. The van der Waals surface area contributed by atoms with E-state index in [1.807, 2.05) is 13.0 Å². The summed E-state index contributed by atoms with van der Waals surface area (Å²) in [6.07, 6.45) is 4.80. The highest BCUT2D eigenvalue weighted by Crippen LogP contribution is 2.20. The van der Waals surface area contributed by atoms with Crippen LogP contribution in [0, 0.1) is 0 Å². The molecule has 0 bridgehead atoms. The molecule has 0 radical (unpaired) electrons. The van der Waals surface area contributed by atoms with Crippen LogP contribution in [0.15, 0.2) is 36.5 Å². The van der Waals surface area contributed by atoms with E-state index in [4.69, 9.17) is 16.3 Å². The van der Waals surface area contributed by atoms with Crippen molar-refractivity contribution in [1.29, 1.82) is 0 Å². The lowest BCUT2D eigenvalue weighted by molar-refractivity contribution is 0.104. The number of hydrogen-bond donors (Lipinski definition) is 0. The Kier molecular flexibility index (Phi) is 4.58. The maximum Gasteiger partial charge on any atom is 0.189 e. The van der Waals surface area contributed by atoms with Crippen LogP contribution in [0.4, 0.5) is 0 Å². The zero-order valence-electron chi connectivity index (χ0n) is 11.3. The molecule has 20 heavy (non-hydrogen) atoms. The van der Waals surface area contributed by atoms with E-state index in [1.165, 1.54) is 13.2 Å². The van der Waals surface area contributed by atoms with E-state index < -0.39 is 0 Å². The van der Waals surface area contributed by atoms with E-state index in [9.17, 15) is 4.79 Å². The second kappa shape index (κ2) is 6.39. The minimum absolute atomic E-state index is 0.149. The highest BCUT2D eigenvalue weighted by Gasteiger charge is 2.09. The van der Waals surface area contributed by atoms with E-state index in [1.54, 1.807) is 35.2 Å². The number of hydrogen-bond acceptors (Lipinski definition) is 3. The molecule has 5 heteroatoms. The molecule has 0 saturated carbocycles. The summed E-state index contributed by atoms with van der Waals surface area (Å²) in [6.45, 7) is 2.70. The van der Waals surface area contributed by atoms with Crippen molar-refractivity contribution in [3.63, 3.8) is 0 Å². The van der Waals surface area contributed by atoms with Crippen molar-refractivity contribution in [3.05, 3.63) is 52.8 Å². The lowest BCUT2D eigenvalue weighted by atomic mass is 10.1. The van der Waals surface area contributed by atoms with Gasteiger partial charge in [0.1, 0.15) is 11.4 Å². The quantitative estimate of drug-likeness (QED) is 0.626. The number of benzene rings is 1. The van der Waals surface area contributed by atoms with Gasteiger partial charge in [-0.3, -0.25) is 9.48 Å². The summed E-state index contributed by atoms with van der Waals surface area (Å²) in [5, 5.41) is 4.77. The zero-order chi connectivity index (χ0) is 14.5. The number of aromatic nitrogens is 2. The molecule has 0 N–H and O–H groups in total. The van der Waals surface area contributed by atoms with Gasteiger partial charge < -0.3 is 4.74 Å². The van der Waals surface area contributed by atoms with Crippen LogP contribution in [0.1, 0.15) is 23.0 Å². The van der Waals surface area contributed by atoms with Crippen LogP contribution in [-0.4, -0.2) is 22.7 Å². The molecule has 0 aliphatic rings. The third-order valence-corrected chi connectivity index (χ3v) is 3.12. The van der Waals surface area contributed by atoms with Gasteiger partial charge >= 0.3 is 0 Å². The Hall–Kier alpha value is -2.07. The van der Waals surface area contributed by atoms with Crippen LogP contribution in [-0.2, 0) is 6.54 Å². The topological polar surface area (TPSA) is 44.1 Å². The fourth-order valence-electron chi connectivity index (χ4n) is 1.78. The number of nitrogens with zero attached hydrogens (tertiary/aromatic N) is 2. The highest BCUT2D eigenvalue weighted by molar-refractivity contribution is 6.31. The average molecular weight is 291 g/mol. The minimum atomic E-state index is -0.149. The summed E-state index contributed by atoms with van der Waals surface area (Å²) in [6, 6.07) is 7.08. The molecule has 0 fully saturated rings. The molecule has 0 atom stereocenters. The highest BCUT2D eigenvalue weighted by atomic mass is 35.5. The monoisotopic (exact) mass is 290 g/mol. The van der Waals surface area contributed by atoms with E-state index in [0.29, 0.717) is 22.0 Å². The van der Waals surface area contributed by atoms with Gasteiger partial charge in [-0.15, -0.1) is 0 Å². The second-order valence-corrected chi connectivity index (χ2v) is 4.52. The lowest BCUT2D eigenvalue weighted by Crippen LogP contribution is -1.98. The Morgan fingerprint density at radius 1 is 1.45 bits per heavy atom. The van der Waals surface area contributed by atoms with Crippen molar-refractivity contribution < 1.29 is 9.53 Å². The van der Waals surface area contributed by atoms with Crippen LogP contribution < -0.4 is 4.74 Å². The molecule has 1 aromatic heterocycles. The number of ketones is 1.